The molecule has 5 fully saturated rings. The maximum Gasteiger partial charge on any atom is 0.329 e. The van der Waals surface area contributed by atoms with E-state index in [0.717, 1.165) is 24.8 Å². The molecule has 34 heavy (non-hydrogen) atoms. The predicted octanol–water partition coefficient (Wildman–Crippen LogP) is 2.45. The Balaban J connectivity index is 1.19. The second-order valence-corrected chi connectivity index (χ2v) is 11.2. The van der Waals surface area contributed by atoms with Gasteiger partial charge in [-0.2, -0.15) is 0 Å². The van der Waals surface area contributed by atoms with Crippen LogP contribution in [0.1, 0.15) is 56.3 Å². The van der Waals surface area contributed by atoms with Crippen LogP contribution in [0.15, 0.2) is 23.0 Å². The van der Waals surface area contributed by atoms with Crippen molar-refractivity contribution in [3.05, 3.63) is 39.9 Å². The van der Waals surface area contributed by atoms with E-state index in [2.05, 4.69) is 9.97 Å². The van der Waals surface area contributed by atoms with Crippen LogP contribution in [0.4, 0.5) is 0 Å². The summed E-state index contributed by atoms with van der Waals surface area (Å²) in [5.41, 5.74) is 0.782. The SMILES string of the molecule is Cc1cccc2c(=O)[nH]c(COC(=O)[C@@H]3CC(O)CN3C(=O)C34CC5CC(CC(C5)C3)C4)nc12. The Kier molecular flexibility index (Phi) is 5.06. The lowest BCUT2D eigenvalue weighted by Crippen LogP contribution is -2.56. The number of hydrogen-bond donors (Lipinski definition) is 2. The van der Waals surface area contributed by atoms with E-state index in [4.69, 9.17) is 4.74 Å². The van der Waals surface area contributed by atoms with Gasteiger partial charge in [0.2, 0.25) is 5.91 Å². The van der Waals surface area contributed by atoms with Crippen LogP contribution in [-0.4, -0.2) is 50.5 Å². The first-order chi connectivity index (χ1) is 16.3. The number of carbonyl (C=O) groups is 2. The molecule has 2 aromatic rings. The highest BCUT2D eigenvalue weighted by molar-refractivity contribution is 5.89. The number of para-hydroxylation sites is 1. The van der Waals surface area contributed by atoms with E-state index in [0.29, 0.717) is 28.7 Å². The summed E-state index contributed by atoms with van der Waals surface area (Å²) in [6, 6.07) is 4.58. The van der Waals surface area contributed by atoms with Crippen LogP contribution in [0.2, 0.25) is 0 Å². The van der Waals surface area contributed by atoms with E-state index in [9.17, 15) is 19.5 Å². The molecule has 1 amide bonds. The first-order valence-electron chi connectivity index (χ1n) is 12.5. The highest BCUT2D eigenvalue weighted by atomic mass is 16.5. The summed E-state index contributed by atoms with van der Waals surface area (Å²) in [4.78, 5) is 48.0. The Bertz CT molecular complexity index is 1190. The van der Waals surface area contributed by atoms with E-state index in [-0.39, 0.29) is 42.3 Å². The molecule has 1 aromatic carbocycles. The maximum absolute atomic E-state index is 13.8. The number of aryl methyl sites for hydroxylation is 1. The molecule has 1 saturated heterocycles. The van der Waals surface area contributed by atoms with Crippen LogP contribution in [0.5, 0.6) is 0 Å². The minimum atomic E-state index is -0.801. The number of β-amino-alcohol motifs (C(OH)–C–C–N with tert-alkyl or cyclic N) is 1. The summed E-state index contributed by atoms with van der Waals surface area (Å²) in [6.45, 7) is 1.85. The third kappa shape index (κ3) is 3.54. The lowest BCUT2D eigenvalue weighted by atomic mass is 9.49. The molecule has 1 aromatic heterocycles. The van der Waals surface area contributed by atoms with Gasteiger partial charge in [0.05, 0.1) is 22.4 Å². The molecule has 8 heteroatoms. The van der Waals surface area contributed by atoms with Gasteiger partial charge in [0, 0.05) is 13.0 Å². The molecule has 2 N–H and O–H groups in total. The molecule has 4 saturated carbocycles. The number of rotatable bonds is 4. The average molecular weight is 466 g/mol. The Morgan fingerprint density at radius 1 is 1.15 bits per heavy atom. The molecule has 4 bridgehead atoms. The normalized spacial score (nSPS) is 34.1. The van der Waals surface area contributed by atoms with Crippen LogP contribution in [0.25, 0.3) is 10.9 Å². The average Bonchev–Trinajstić information content (AvgIpc) is 3.18. The van der Waals surface area contributed by atoms with Crippen LogP contribution < -0.4 is 5.56 Å². The number of fused-ring (bicyclic) bond motifs is 1. The third-order valence-corrected chi connectivity index (χ3v) is 8.64. The number of ether oxygens (including phenoxy) is 1. The number of carbonyl (C=O) groups excluding carboxylic acids is 2. The zero-order valence-corrected chi connectivity index (χ0v) is 19.5. The molecule has 1 aliphatic heterocycles. The van der Waals surface area contributed by atoms with Crippen molar-refractivity contribution in [3.8, 4) is 0 Å². The number of aliphatic hydroxyl groups excluding tert-OH is 1. The van der Waals surface area contributed by atoms with Crippen LogP contribution in [0.3, 0.4) is 0 Å². The van der Waals surface area contributed by atoms with Crippen molar-refractivity contribution in [2.45, 2.75) is 70.6 Å². The van der Waals surface area contributed by atoms with Crippen molar-refractivity contribution in [3.63, 3.8) is 0 Å². The fourth-order valence-electron chi connectivity index (χ4n) is 7.59. The second kappa shape index (κ2) is 7.90. The van der Waals surface area contributed by atoms with Gasteiger partial charge in [0.25, 0.3) is 5.56 Å². The molecule has 0 spiro atoms. The molecule has 180 valence electrons. The Morgan fingerprint density at radius 3 is 2.50 bits per heavy atom. The van der Waals surface area contributed by atoms with Crippen molar-refractivity contribution in [1.29, 1.82) is 0 Å². The summed E-state index contributed by atoms with van der Waals surface area (Å²) in [5.74, 6) is 1.59. The molecule has 0 radical (unpaired) electrons. The zero-order valence-electron chi connectivity index (χ0n) is 19.5. The number of nitrogens with zero attached hydrogens (tertiary/aromatic N) is 2. The fourth-order valence-corrected chi connectivity index (χ4v) is 7.59. The second-order valence-electron chi connectivity index (χ2n) is 11.2. The molecular weight excluding hydrogens is 434 g/mol. The number of likely N-dealkylation sites (tertiary alicyclic amines) is 1. The number of aromatic amines is 1. The lowest BCUT2D eigenvalue weighted by molar-refractivity contribution is -0.166. The maximum atomic E-state index is 13.8. The number of aromatic nitrogens is 2. The molecule has 8 nitrogen and oxygen atoms in total. The van der Waals surface area contributed by atoms with Crippen LogP contribution in [-0.2, 0) is 20.9 Å². The molecule has 2 atom stereocenters. The molecular formula is C26H31N3O5. The predicted molar refractivity (Wildman–Crippen MR) is 124 cm³/mol. The molecule has 7 rings (SSSR count). The van der Waals surface area contributed by atoms with E-state index >= 15 is 0 Å². The summed E-state index contributed by atoms with van der Waals surface area (Å²) in [7, 11) is 0. The first-order valence-corrected chi connectivity index (χ1v) is 12.5. The standard InChI is InChI=1S/C26H31N3O5/c1-14-3-2-4-19-22(14)27-21(28-23(19)31)13-34-24(32)20-8-18(30)12-29(20)25(33)26-9-15-5-16(10-26)7-17(6-15)11-26/h2-4,15-18,20,30H,5-13H2,1H3,(H,27,28,31)/t15?,16?,17?,18?,20-,26?/m0/s1. The highest BCUT2D eigenvalue weighted by Crippen LogP contribution is 2.60. The third-order valence-electron chi connectivity index (χ3n) is 8.64. The summed E-state index contributed by atoms with van der Waals surface area (Å²) in [6.07, 6.45) is 5.87. The molecule has 2 heterocycles. The van der Waals surface area contributed by atoms with Crippen molar-refractivity contribution in [2.75, 3.05) is 6.54 Å². The van der Waals surface area contributed by atoms with Gasteiger partial charge < -0.3 is 19.7 Å². The van der Waals surface area contributed by atoms with E-state index in [1.807, 2.05) is 13.0 Å². The number of H-pyrrole nitrogens is 1. The number of amides is 1. The molecule has 5 aliphatic rings. The Morgan fingerprint density at radius 2 is 1.82 bits per heavy atom. The summed E-state index contributed by atoms with van der Waals surface area (Å²) >= 11 is 0. The summed E-state index contributed by atoms with van der Waals surface area (Å²) < 4.78 is 5.53. The number of nitrogens with one attached hydrogen (secondary N) is 1. The Hall–Kier alpha value is -2.74. The lowest BCUT2D eigenvalue weighted by Gasteiger charge is -2.56. The van der Waals surface area contributed by atoms with E-state index in [1.54, 1.807) is 17.0 Å². The highest BCUT2D eigenvalue weighted by Gasteiger charge is 2.57. The van der Waals surface area contributed by atoms with Gasteiger partial charge in [0.1, 0.15) is 18.5 Å². The van der Waals surface area contributed by atoms with Gasteiger partial charge >= 0.3 is 5.97 Å². The minimum Gasteiger partial charge on any atom is -0.456 e. The minimum absolute atomic E-state index is 0.0259. The smallest absolute Gasteiger partial charge is 0.329 e. The number of aliphatic hydroxyl groups is 1. The monoisotopic (exact) mass is 465 g/mol. The van der Waals surface area contributed by atoms with E-state index < -0.39 is 18.1 Å². The molecule has 1 unspecified atom stereocenters. The topological polar surface area (TPSA) is 113 Å². The number of esters is 1. The van der Waals surface area contributed by atoms with Crippen LogP contribution in [0, 0.1) is 30.1 Å². The zero-order chi connectivity index (χ0) is 23.6. The Labute approximate surface area is 197 Å². The van der Waals surface area contributed by atoms with Gasteiger partial charge in [-0.1, -0.05) is 12.1 Å². The van der Waals surface area contributed by atoms with Crippen molar-refractivity contribution in [1.82, 2.24) is 14.9 Å². The van der Waals surface area contributed by atoms with Crippen molar-refractivity contribution in [2.24, 2.45) is 23.2 Å². The van der Waals surface area contributed by atoms with Gasteiger partial charge in [-0.25, -0.2) is 9.78 Å². The number of hydrogen-bond acceptors (Lipinski definition) is 6. The van der Waals surface area contributed by atoms with E-state index in [1.165, 1.54) is 19.3 Å². The number of benzene rings is 1. The first kappa shape index (κ1) is 21.8. The van der Waals surface area contributed by atoms with Crippen molar-refractivity contribution < 1.29 is 19.4 Å². The van der Waals surface area contributed by atoms with Gasteiger partial charge in [-0.15, -0.1) is 0 Å². The fraction of sp³-hybridized carbons (Fsp3) is 0.615. The van der Waals surface area contributed by atoms with Crippen molar-refractivity contribution >= 4 is 22.8 Å². The van der Waals surface area contributed by atoms with Gasteiger partial charge in [0.15, 0.2) is 0 Å². The quantitative estimate of drug-likeness (QED) is 0.671. The van der Waals surface area contributed by atoms with Crippen LogP contribution >= 0.6 is 0 Å². The van der Waals surface area contributed by atoms with Gasteiger partial charge in [-0.05, 0) is 74.8 Å². The van der Waals surface area contributed by atoms with Gasteiger partial charge in [-0.3, -0.25) is 9.59 Å². The summed E-state index contributed by atoms with van der Waals surface area (Å²) in [5, 5.41) is 10.8. The molecule has 4 aliphatic carbocycles. The largest absolute Gasteiger partial charge is 0.456 e.